The highest BCUT2D eigenvalue weighted by molar-refractivity contribution is 7.98. The van der Waals surface area contributed by atoms with Crippen molar-refractivity contribution in [2.75, 3.05) is 14.2 Å². The Morgan fingerprint density at radius 2 is 1.75 bits per heavy atom. The largest absolute Gasteiger partial charge is 0.493 e. The van der Waals surface area contributed by atoms with Gasteiger partial charge in [-0.1, -0.05) is 17.8 Å². The molecule has 3 aromatic rings. The number of aromatic nitrogens is 4. The molecule has 24 heavy (non-hydrogen) atoms. The van der Waals surface area contributed by atoms with Crippen LogP contribution in [-0.4, -0.2) is 34.6 Å². The van der Waals surface area contributed by atoms with E-state index < -0.39 is 0 Å². The van der Waals surface area contributed by atoms with E-state index in [1.807, 2.05) is 18.2 Å². The molecule has 8 nitrogen and oxygen atoms in total. The van der Waals surface area contributed by atoms with Crippen LogP contribution in [-0.2, 0) is 12.2 Å². The number of hydrogen-bond acceptors (Lipinski definition) is 9. The summed E-state index contributed by atoms with van der Waals surface area (Å²) in [5, 5.41) is 16.2. The van der Waals surface area contributed by atoms with Crippen molar-refractivity contribution in [2.24, 2.45) is 0 Å². The summed E-state index contributed by atoms with van der Waals surface area (Å²) in [6.45, 7) is 1.75. The Balaban J connectivity index is 1.63. The van der Waals surface area contributed by atoms with Gasteiger partial charge in [0.1, 0.15) is 0 Å². The maximum atomic E-state index is 5.63. The molecule has 0 aliphatic carbocycles. The summed E-state index contributed by atoms with van der Waals surface area (Å²) in [5.41, 5.74) is 0.986. The number of hydrogen-bond donors (Lipinski definition) is 0. The summed E-state index contributed by atoms with van der Waals surface area (Å²) in [6, 6.07) is 5.66. The van der Waals surface area contributed by atoms with Crippen LogP contribution < -0.4 is 9.47 Å². The maximum absolute atomic E-state index is 5.63. The van der Waals surface area contributed by atoms with Crippen molar-refractivity contribution in [1.82, 2.24) is 20.4 Å². The summed E-state index contributed by atoms with van der Waals surface area (Å²) >= 11 is 1.35. The van der Waals surface area contributed by atoms with Crippen LogP contribution in [0.5, 0.6) is 11.5 Å². The van der Waals surface area contributed by atoms with E-state index in [0.29, 0.717) is 46.6 Å². The Labute approximate surface area is 142 Å². The van der Waals surface area contributed by atoms with Crippen LogP contribution >= 0.6 is 11.8 Å². The number of nitrogens with zero attached hydrogens (tertiary/aromatic N) is 4. The van der Waals surface area contributed by atoms with Crippen LogP contribution in [0.4, 0.5) is 0 Å². The molecule has 0 aliphatic heterocycles. The minimum Gasteiger partial charge on any atom is -0.493 e. The SMILES string of the molecule is COc1ccc(Cc2nnc(SCc3nnc(C)o3)o2)cc1OC. The normalized spacial score (nSPS) is 10.8. The zero-order valence-corrected chi connectivity index (χ0v) is 14.3. The fourth-order valence-corrected chi connectivity index (χ4v) is 2.67. The van der Waals surface area contributed by atoms with E-state index in [4.69, 9.17) is 18.3 Å². The minimum atomic E-state index is 0.460. The van der Waals surface area contributed by atoms with Crippen LogP contribution in [0.3, 0.4) is 0 Å². The highest BCUT2D eigenvalue weighted by Crippen LogP contribution is 2.29. The second-order valence-corrected chi connectivity index (χ2v) is 5.76. The van der Waals surface area contributed by atoms with Gasteiger partial charge in [-0.25, -0.2) is 0 Å². The number of methoxy groups -OCH3 is 2. The highest BCUT2D eigenvalue weighted by Gasteiger charge is 2.12. The lowest BCUT2D eigenvalue weighted by Gasteiger charge is -2.08. The van der Waals surface area contributed by atoms with Crippen molar-refractivity contribution < 1.29 is 18.3 Å². The van der Waals surface area contributed by atoms with Gasteiger partial charge in [-0.2, -0.15) is 0 Å². The average molecular weight is 348 g/mol. The third-order valence-electron chi connectivity index (χ3n) is 3.14. The first-order valence-electron chi connectivity index (χ1n) is 7.13. The maximum Gasteiger partial charge on any atom is 0.277 e. The van der Waals surface area contributed by atoms with Crippen molar-refractivity contribution in [1.29, 1.82) is 0 Å². The first-order valence-corrected chi connectivity index (χ1v) is 8.11. The standard InChI is InChI=1S/C15H16N4O4S/c1-9-16-18-14(22-9)8-24-15-19-17-13(23-15)7-10-4-5-11(20-2)12(6-10)21-3/h4-6H,7-8H2,1-3H3. The van der Waals surface area contributed by atoms with Crippen molar-refractivity contribution in [3.8, 4) is 11.5 Å². The molecule has 0 saturated carbocycles. The molecule has 2 aromatic heterocycles. The van der Waals surface area contributed by atoms with Crippen LogP contribution in [0.2, 0.25) is 0 Å². The lowest BCUT2D eigenvalue weighted by molar-refractivity contribution is 0.354. The van der Waals surface area contributed by atoms with Crippen molar-refractivity contribution >= 4 is 11.8 Å². The number of ether oxygens (including phenoxy) is 2. The molecule has 0 radical (unpaired) electrons. The molecule has 1 aromatic carbocycles. The summed E-state index contributed by atoms with van der Waals surface area (Å²) < 4.78 is 21.4. The van der Waals surface area contributed by atoms with Gasteiger partial charge in [0, 0.05) is 6.92 Å². The molecule has 0 spiro atoms. The van der Waals surface area contributed by atoms with Gasteiger partial charge in [-0.05, 0) is 17.7 Å². The van der Waals surface area contributed by atoms with E-state index in [2.05, 4.69) is 20.4 Å². The smallest absolute Gasteiger partial charge is 0.277 e. The van der Waals surface area contributed by atoms with E-state index in [-0.39, 0.29) is 0 Å². The molecule has 2 heterocycles. The van der Waals surface area contributed by atoms with Gasteiger partial charge in [0.25, 0.3) is 5.22 Å². The predicted octanol–water partition coefficient (Wildman–Crippen LogP) is 2.66. The molecule has 0 N–H and O–H groups in total. The van der Waals surface area contributed by atoms with Gasteiger partial charge in [0.15, 0.2) is 11.5 Å². The summed E-state index contributed by atoms with van der Waals surface area (Å²) in [4.78, 5) is 0. The van der Waals surface area contributed by atoms with Gasteiger partial charge < -0.3 is 18.3 Å². The fourth-order valence-electron chi connectivity index (χ4n) is 2.05. The summed E-state index contributed by atoms with van der Waals surface area (Å²) in [6.07, 6.45) is 0.508. The van der Waals surface area contributed by atoms with E-state index in [9.17, 15) is 0 Å². The van der Waals surface area contributed by atoms with Gasteiger partial charge in [-0.15, -0.1) is 20.4 Å². The molecule has 0 amide bonds. The Kier molecular flexibility index (Phi) is 4.99. The Morgan fingerprint density at radius 1 is 0.958 bits per heavy atom. The molecule has 0 unspecified atom stereocenters. The molecular formula is C15H16N4O4S. The second-order valence-electron chi connectivity index (χ2n) is 4.83. The molecule has 0 fully saturated rings. The van der Waals surface area contributed by atoms with E-state index in [0.717, 1.165) is 5.56 Å². The Bertz CT molecular complexity index is 817. The third-order valence-corrected chi connectivity index (χ3v) is 3.94. The van der Waals surface area contributed by atoms with Crippen LogP contribution in [0.25, 0.3) is 0 Å². The Morgan fingerprint density at radius 3 is 2.46 bits per heavy atom. The van der Waals surface area contributed by atoms with Crippen molar-refractivity contribution in [3.05, 3.63) is 41.4 Å². The zero-order chi connectivity index (χ0) is 16.9. The van der Waals surface area contributed by atoms with Crippen LogP contribution in [0.1, 0.15) is 23.2 Å². The lowest BCUT2D eigenvalue weighted by atomic mass is 10.1. The second kappa shape index (κ2) is 7.35. The van der Waals surface area contributed by atoms with Crippen LogP contribution in [0.15, 0.2) is 32.3 Å². The third kappa shape index (κ3) is 3.85. The van der Waals surface area contributed by atoms with E-state index in [1.54, 1.807) is 21.1 Å². The molecule has 0 atom stereocenters. The van der Waals surface area contributed by atoms with Gasteiger partial charge in [-0.3, -0.25) is 0 Å². The van der Waals surface area contributed by atoms with Gasteiger partial charge >= 0.3 is 0 Å². The molecule has 0 saturated heterocycles. The van der Waals surface area contributed by atoms with E-state index >= 15 is 0 Å². The molecular weight excluding hydrogens is 332 g/mol. The van der Waals surface area contributed by atoms with Gasteiger partial charge in [0.05, 0.1) is 26.4 Å². The molecule has 0 bridgehead atoms. The fraction of sp³-hybridized carbons (Fsp3) is 0.333. The zero-order valence-electron chi connectivity index (χ0n) is 13.5. The minimum absolute atomic E-state index is 0.460. The highest BCUT2D eigenvalue weighted by atomic mass is 32.2. The number of benzene rings is 1. The monoisotopic (exact) mass is 348 g/mol. The predicted molar refractivity (Wildman–Crippen MR) is 85.2 cm³/mol. The number of aryl methyl sites for hydroxylation is 1. The van der Waals surface area contributed by atoms with Gasteiger partial charge in [0.2, 0.25) is 17.7 Å². The average Bonchev–Trinajstić information content (AvgIpc) is 3.21. The first kappa shape index (κ1) is 16.3. The molecule has 3 rings (SSSR count). The van der Waals surface area contributed by atoms with Crippen molar-refractivity contribution in [2.45, 2.75) is 24.3 Å². The Hall–Kier alpha value is -2.55. The summed E-state index contributed by atoms with van der Waals surface area (Å²) in [5.74, 6) is 3.40. The number of thioether (sulfide) groups is 1. The topological polar surface area (TPSA) is 96.3 Å². The van der Waals surface area contributed by atoms with E-state index in [1.165, 1.54) is 11.8 Å². The van der Waals surface area contributed by atoms with Crippen molar-refractivity contribution in [3.63, 3.8) is 0 Å². The molecule has 0 aliphatic rings. The lowest BCUT2D eigenvalue weighted by Crippen LogP contribution is -1.94. The number of rotatable bonds is 7. The first-order chi connectivity index (χ1) is 11.7. The quantitative estimate of drug-likeness (QED) is 0.597. The molecule has 9 heteroatoms. The molecule has 126 valence electrons. The van der Waals surface area contributed by atoms with Crippen LogP contribution in [0, 0.1) is 6.92 Å². The summed E-state index contributed by atoms with van der Waals surface area (Å²) in [7, 11) is 3.20.